The van der Waals surface area contributed by atoms with Gasteiger partial charge in [-0.25, -0.2) is 9.59 Å². The van der Waals surface area contributed by atoms with Crippen molar-refractivity contribution in [3.8, 4) is 5.75 Å². The number of urea groups is 1. The van der Waals surface area contributed by atoms with Gasteiger partial charge in [-0.15, -0.1) is 0 Å². The monoisotopic (exact) mass is 495 g/mol. The summed E-state index contributed by atoms with van der Waals surface area (Å²) in [5.41, 5.74) is 3.51. The van der Waals surface area contributed by atoms with Gasteiger partial charge in [-0.05, 0) is 79.8 Å². The molecule has 0 unspecified atom stereocenters. The number of rotatable bonds is 8. The number of aryl methyl sites for hydroxylation is 1. The largest absolute Gasteiger partial charge is 0.495 e. The zero-order chi connectivity index (χ0) is 26.2. The Morgan fingerprint density at radius 2 is 1.58 bits per heavy atom. The summed E-state index contributed by atoms with van der Waals surface area (Å²) in [6.45, 7) is 5.73. The lowest BCUT2D eigenvalue weighted by molar-refractivity contribution is -0.147. The zero-order valence-corrected chi connectivity index (χ0v) is 21.7. The van der Waals surface area contributed by atoms with Crippen LogP contribution in [0.15, 0.2) is 42.5 Å². The van der Waals surface area contributed by atoms with Gasteiger partial charge in [0.2, 0.25) is 5.91 Å². The maximum absolute atomic E-state index is 12.7. The van der Waals surface area contributed by atoms with E-state index < -0.39 is 12.0 Å². The van der Waals surface area contributed by atoms with Gasteiger partial charge in [-0.1, -0.05) is 32.0 Å². The molecule has 2 aromatic carbocycles. The summed E-state index contributed by atoms with van der Waals surface area (Å²) >= 11 is 0. The van der Waals surface area contributed by atoms with Gasteiger partial charge < -0.3 is 25.4 Å². The third-order valence-corrected chi connectivity index (χ3v) is 6.76. The molecule has 1 aliphatic carbocycles. The number of hydrogen-bond acceptors (Lipinski definition) is 5. The van der Waals surface area contributed by atoms with Crippen molar-refractivity contribution >= 4 is 29.3 Å². The highest BCUT2D eigenvalue weighted by molar-refractivity contribution is 6.00. The van der Waals surface area contributed by atoms with E-state index in [1.165, 1.54) is 12.7 Å². The smallest absolute Gasteiger partial charge is 0.328 e. The van der Waals surface area contributed by atoms with Gasteiger partial charge >= 0.3 is 12.0 Å². The van der Waals surface area contributed by atoms with Crippen molar-refractivity contribution < 1.29 is 23.9 Å². The Labute approximate surface area is 213 Å². The number of ether oxygens (including phenoxy) is 2. The molecule has 1 aliphatic rings. The summed E-state index contributed by atoms with van der Waals surface area (Å²) in [5.74, 6) is 0.331. The molecule has 0 saturated heterocycles. The van der Waals surface area contributed by atoms with Gasteiger partial charge in [0, 0.05) is 11.6 Å². The van der Waals surface area contributed by atoms with E-state index in [9.17, 15) is 14.4 Å². The van der Waals surface area contributed by atoms with Crippen LogP contribution in [0.3, 0.4) is 0 Å². The highest BCUT2D eigenvalue weighted by Gasteiger charge is 2.31. The minimum Gasteiger partial charge on any atom is -0.495 e. The predicted molar refractivity (Wildman–Crippen MR) is 140 cm³/mol. The summed E-state index contributed by atoms with van der Waals surface area (Å²) in [5, 5.41) is 8.57. The summed E-state index contributed by atoms with van der Waals surface area (Å²) in [6, 6.07) is 12.5. The number of nitrogens with one attached hydrogen (secondary N) is 3. The minimum absolute atomic E-state index is 0.0363. The molecular weight excluding hydrogens is 458 g/mol. The quantitative estimate of drug-likeness (QED) is 0.435. The molecule has 194 valence electrons. The van der Waals surface area contributed by atoms with Crippen LogP contribution in [-0.4, -0.2) is 38.2 Å². The average Bonchev–Trinajstić information content (AvgIpc) is 2.87. The van der Waals surface area contributed by atoms with Crippen LogP contribution in [0.1, 0.15) is 56.6 Å². The molecule has 1 fully saturated rings. The summed E-state index contributed by atoms with van der Waals surface area (Å²) < 4.78 is 10.1. The van der Waals surface area contributed by atoms with Crippen LogP contribution in [-0.2, 0) is 14.3 Å². The molecule has 0 aliphatic heterocycles. The lowest BCUT2D eigenvalue weighted by Crippen LogP contribution is -2.47. The van der Waals surface area contributed by atoms with Crippen molar-refractivity contribution in [2.75, 3.05) is 24.9 Å². The fourth-order valence-electron chi connectivity index (χ4n) is 4.63. The number of esters is 1. The summed E-state index contributed by atoms with van der Waals surface area (Å²) in [4.78, 5) is 37.2. The topological polar surface area (TPSA) is 106 Å². The lowest BCUT2D eigenvalue weighted by atomic mass is 9.78. The Bertz CT molecular complexity index is 1060. The van der Waals surface area contributed by atoms with E-state index in [1.807, 2.05) is 63.2 Å². The number of benzene rings is 2. The van der Waals surface area contributed by atoms with E-state index in [4.69, 9.17) is 9.47 Å². The van der Waals surface area contributed by atoms with Crippen molar-refractivity contribution in [1.82, 2.24) is 5.32 Å². The standard InChI is InChI=1S/C28H37N3O5/c1-17(2)25(27(33)36-5)31-26(32)21-9-7-19(8-10-21)20-11-13-22(14-12-20)29-28(34)30-23-16-18(3)6-15-24(23)35-4/h6,11-17,19,21,25H,7-10H2,1-5H3,(H,31,32)(H2,29,30,34)/t19?,21?,25-/m0/s1. The fourth-order valence-corrected chi connectivity index (χ4v) is 4.63. The van der Waals surface area contributed by atoms with E-state index in [0.29, 0.717) is 23.0 Å². The Morgan fingerprint density at radius 3 is 2.17 bits per heavy atom. The minimum atomic E-state index is -0.621. The molecule has 3 N–H and O–H groups in total. The van der Waals surface area contributed by atoms with Crippen LogP contribution < -0.4 is 20.7 Å². The lowest BCUT2D eigenvalue weighted by Gasteiger charge is -2.30. The first-order valence-electron chi connectivity index (χ1n) is 12.4. The van der Waals surface area contributed by atoms with E-state index in [-0.39, 0.29) is 23.8 Å². The zero-order valence-electron chi connectivity index (χ0n) is 21.7. The van der Waals surface area contributed by atoms with Crippen molar-refractivity contribution in [3.05, 3.63) is 53.6 Å². The van der Waals surface area contributed by atoms with E-state index in [1.54, 1.807) is 7.11 Å². The molecule has 0 aromatic heterocycles. The number of amides is 3. The molecular formula is C28H37N3O5. The van der Waals surface area contributed by atoms with Gasteiger partial charge in [0.15, 0.2) is 0 Å². The first-order chi connectivity index (χ1) is 17.2. The highest BCUT2D eigenvalue weighted by atomic mass is 16.5. The molecule has 3 rings (SSSR count). The normalized spacial score (nSPS) is 18.2. The van der Waals surface area contributed by atoms with E-state index in [0.717, 1.165) is 31.2 Å². The molecule has 8 heteroatoms. The molecule has 0 radical (unpaired) electrons. The molecule has 2 aromatic rings. The Kier molecular flexibility index (Phi) is 9.33. The molecule has 36 heavy (non-hydrogen) atoms. The Hall–Kier alpha value is -3.55. The third kappa shape index (κ3) is 6.99. The van der Waals surface area contributed by atoms with Crippen molar-refractivity contribution in [2.45, 2.75) is 58.4 Å². The van der Waals surface area contributed by atoms with Gasteiger partial charge in [-0.3, -0.25) is 4.79 Å². The van der Waals surface area contributed by atoms with E-state index in [2.05, 4.69) is 16.0 Å². The molecule has 3 amide bonds. The summed E-state index contributed by atoms with van der Waals surface area (Å²) in [6.07, 6.45) is 3.32. The first-order valence-corrected chi connectivity index (χ1v) is 12.4. The molecule has 1 atom stereocenters. The van der Waals surface area contributed by atoms with Crippen LogP contribution >= 0.6 is 0 Å². The molecule has 0 bridgehead atoms. The third-order valence-electron chi connectivity index (χ3n) is 6.76. The van der Waals surface area contributed by atoms with Crippen molar-refractivity contribution in [1.29, 1.82) is 0 Å². The highest BCUT2D eigenvalue weighted by Crippen LogP contribution is 2.36. The number of carbonyl (C=O) groups excluding carboxylic acids is 3. The number of hydrogen-bond donors (Lipinski definition) is 3. The van der Waals surface area contributed by atoms with Gasteiger partial charge in [0.1, 0.15) is 11.8 Å². The predicted octanol–water partition coefficient (Wildman–Crippen LogP) is 5.24. The van der Waals surface area contributed by atoms with Crippen molar-refractivity contribution in [3.63, 3.8) is 0 Å². The first kappa shape index (κ1) is 27.0. The molecule has 1 saturated carbocycles. The average molecular weight is 496 g/mol. The maximum Gasteiger partial charge on any atom is 0.328 e. The SMILES string of the molecule is COC(=O)[C@@H](NC(=O)C1CCC(c2ccc(NC(=O)Nc3cc(C)ccc3OC)cc2)CC1)C(C)C. The number of anilines is 2. The van der Waals surface area contributed by atoms with Crippen molar-refractivity contribution in [2.24, 2.45) is 11.8 Å². The molecule has 0 heterocycles. The number of carbonyl (C=O) groups is 3. The van der Waals surface area contributed by atoms with Crippen LogP contribution in [0, 0.1) is 18.8 Å². The van der Waals surface area contributed by atoms with Crippen LogP contribution in [0.4, 0.5) is 16.2 Å². The maximum atomic E-state index is 12.7. The van der Waals surface area contributed by atoms with E-state index >= 15 is 0 Å². The molecule has 0 spiro atoms. The second kappa shape index (κ2) is 12.4. The Morgan fingerprint density at radius 1 is 0.917 bits per heavy atom. The van der Waals surface area contributed by atoms with Gasteiger partial charge in [0.25, 0.3) is 0 Å². The van der Waals surface area contributed by atoms with Gasteiger partial charge in [0.05, 0.1) is 19.9 Å². The van der Waals surface area contributed by atoms with Gasteiger partial charge in [-0.2, -0.15) is 0 Å². The Balaban J connectivity index is 1.52. The fraction of sp³-hybridized carbons (Fsp3) is 0.464. The second-order valence-electron chi connectivity index (χ2n) is 9.71. The van der Waals surface area contributed by atoms with Crippen LogP contribution in [0.25, 0.3) is 0 Å². The van der Waals surface area contributed by atoms with Crippen LogP contribution in [0.2, 0.25) is 0 Å². The summed E-state index contributed by atoms with van der Waals surface area (Å²) in [7, 11) is 2.90. The number of methoxy groups -OCH3 is 2. The second-order valence-corrected chi connectivity index (χ2v) is 9.71. The molecule has 8 nitrogen and oxygen atoms in total. The van der Waals surface area contributed by atoms with Crippen LogP contribution in [0.5, 0.6) is 5.75 Å².